The lowest BCUT2D eigenvalue weighted by Gasteiger charge is -2.15. The van der Waals surface area contributed by atoms with E-state index < -0.39 is 42.5 Å². The van der Waals surface area contributed by atoms with Crippen molar-refractivity contribution in [2.45, 2.75) is 38.0 Å². The first-order valence-electron chi connectivity index (χ1n) is 11.5. The molecule has 5 rings (SSSR count). The number of halogens is 5. The highest BCUT2D eigenvalue weighted by atomic mass is 35.5. The van der Waals surface area contributed by atoms with E-state index in [9.17, 15) is 32.3 Å². The molecule has 1 aliphatic rings. The number of nitrogens with one attached hydrogen (secondary N) is 1. The lowest BCUT2D eigenvalue weighted by molar-refractivity contribution is -0.207. The summed E-state index contributed by atoms with van der Waals surface area (Å²) in [5, 5.41) is 21.0. The van der Waals surface area contributed by atoms with E-state index in [1.54, 1.807) is 12.1 Å². The first kappa shape index (κ1) is 26.5. The molecule has 0 radical (unpaired) electrons. The van der Waals surface area contributed by atoms with Gasteiger partial charge in [0.2, 0.25) is 5.91 Å². The zero-order valence-electron chi connectivity index (χ0n) is 19.8. The second-order valence-electron chi connectivity index (χ2n) is 8.77. The molecular formula is C23H19ClF4N8O3. The van der Waals surface area contributed by atoms with Crippen LogP contribution in [0, 0.1) is 5.92 Å². The summed E-state index contributed by atoms with van der Waals surface area (Å²) >= 11 is 5.90. The molecule has 0 spiro atoms. The average Bonchev–Trinajstić information content (AvgIpc) is 3.32. The summed E-state index contributed by atoms with van der Waals surface area (Å²) in [4.78, 5) is 33.5. The number of carbonyl (C=O) groups is 1. The Bertz CT molecular complexity index is 1570. The van der Waals surface area contributed by atoms with Crippen molar-refractivity contribution >= 4 is 23.2 Å². The van der Waals surface area contributed by atoms with Gasteiger partial charge < -0.3 is 10.4 Å². The fraction of sp³-hybridized carbons (Fsp3) is 0.304. The van der Waals surface area contributed by atoms with E-state index in [1.807, 2.05) is 0 Å². The number of aromatic nitrogens is 7. The van der Waals surface area contributed by atoms with Crippen molar-refractivity contribution in [2.24, 2.45) is 5.92 Å². The zero-order valence-corrected chi connectivity index (χ0v) is 20.5. The standard InChI is InChI=1S/C23H19ClF4N8O3/c24-13-5-3-12(4-6-13)19-33-35(22(39)34(19)9-17(37)23(26,27)28)10-18-30-11-36(32-18)20-16(2-1-7-29-20)31-21(38)14-8-15(14)25/h1-7,11,14-15,17,37H,8-10H2,(H,31,38)/t14-,15+,17-/m0/s1. The van der Waals surface area contributed by atoms with Crippen LogP contribution >= 0.6 is 11.6 Å². The number of aliphatic hydroxyl groups excluding tert-OH is 1. The largest absolute Gasteiger partial charge is 0.416 e. The van der Waals surface area contributed by atoms with E-state index in [0.717, 1.165) is 4.68 Å². The number of nitrogens with zero attached hydrogens (tertiary/aromatic N) is 7. The molecular weight excluding hydrogens is 548 g/mol. The number of hydrogen-bond donors (Lipinski definition) is 2. The van der Waals surface area contributed by atoms with Crippen LogP contribution < -0.4 is 11.0 Å². The average molecular weight is 567 g/mol. The number of alkyl halides is 4. The van der Waals surface area contributed by atoms with E-state index in [1.165, 1.54) is 41.5 Å². The molecule has 4 aromatic rings. The molecule has 0 aliphatic heterocycles. The summed E-state index contributed by atoms with van der Waals surface area (Å²) in [6.07, 6.45) is -6.10. The van der Waals surface area contributed by atoms with Gasteiger partial charge in [-0.05, 0) is 42.8 Å². The van der Waals surface area contributed by atoms with Gasteiger partial charge in [-0.2, -0.15) is 13.2 Å². The zero-order chi connectivity index (χ0) is 27.9. The molecule has 1 amide bonds. The van der Waals surface area contributed by atoms with Crippen LogP contribution in [0.4, 0.5) is 23.2 Å². The van der Waals surface area contributed by atoms with Crippen LogP contribution in [0.15, 0.2) is 53.7 Å². The van der Waals surface area contributed by atoms with Crippen molar-refractivity contribution in [3.63, 3.8) is 0 Å². The number of anilines is 1. The molecule has 0 bridgehead atoms. The highest BCUT2D eigenvalue weighted by molar-refractivity contribution is 6.30. The summed E-state index contributed by atoms with van der Waals surface area (Å²) in [5.74, 6) is -1.12. The smallest absolute Gasteiger partial charge is 0.382 e. The van der Waals surface area contributed by atoms with Gasteiger partial charge in [0.05, 0.1) is 18.2 Å². The molecule has 3 heterocycles. The van der Waals surface area contributed by atoms with E-state index in [2.05, 4.69) is 25.5 Å². The number of rotatable bonds is 8. The van der Waals surface area contributed by atoms with Crippen molar-refractivity contribution in [2.75, 3.05) is 5.32 Å². The van der Waals surface area contributed by atoms with Gasteiger partial charge in [0.1, 0.15) is 19.0 Å². The lowest BCUT2D eigenvalue weighted by Crippen LogP contribution is -2.37. The molecule has 0 unspecified atom stereocenters. The Morgan fingerprint density at radius 1 is 1.18 bits per heavy atom. The van der Waals surface area contributed by atoms with Gasteiger partial charge in [-0.3, -0.25) is 9.36 Å². The maximum atomic E-state index is 13.3. The monoisotopic (exact) mass is 566 g/mol. The van der Waals surface area contributed by atoms with Crippen molar-refractivity contribution in [1.82, 2.24) is 34.1 Å². The third-order valence-electron chi connectivity index (χ3n) is 5.90. The Labute approximate surface area is 221 Å². The van der Waals surface area contributed by atoms with Crippen molar-refractivity contribution in [3.05, 3.63) is 70.3 Å². The normalized spacial score (nSPS) is 17.7. The van der Waals surface area contributed by atoms with Gasteiger partial charge >= 0.3 is 11.9 Å². The molecule has 3 atom stereocenters. The molecule has 0 saturated heterocycles. The molecule has 204 valence electrons. The van der Waals surface area contributed by atoms with E-state index in [-0.39, 0.29) is 36.1 Å². The third kappa shape index (κ3) is 5.68. The number of pyridine rings is 1. The predicted molar refractivity (Wildman–Crippen MR) is 129 cm³/mol. The second kappa shape index (κ2) is 10.2. The van der Waals surface area contributed by atoms with Crippen molar-refractivity contribution in [3.8, 4) is 17.2 Å². The van der Waals surface area contributed by atoms with Crippen LogP contribution in [0.5, 0.6) is 0 Å². The topological polar surface area (TPSA) is 133 Å². The fourth-order valence-corrected chi connectivity index (χ4v) is 3.87. The van der Waals surface area contributed by atoms with Crippen LogP contribution in [0.25, 0.3) is 17.2 Å². The number of hydrogen-bond acceptors (Lipinski definition) is 7. The summed E-state index contributed by atoms with van der Waals surface area (Å²) < 4.78 is 55.3. The van der Waals surface area contributed by atoms with Crippen LogP contribution in [0.3, 0.4) is 0 Å². The van der Waals surface area contributed by atoms with E-state index in [4.69, 9.17) is 11.6 Å². The van der Waals surface area contributed by atoms with E-state index >= 15 is 0 Å². The third-order valence-corrected chi connectivity index (χ3v) is 6.15. The Morgan fingerprint density at radius 3 is 2.56 bits per heavy atom. The lowest BCUT2D eigenvalue weighted by atomic mass is 10.2. The summed E-state index contributed by atoms with van der Waals surface area (Å²) in [5.41, 5.74) is -0.385. The van der Waals surface area contributed by atoms with Gasteiger partial charge in [-0.25, -0.2) is 28.5 Å². The molecule has 16 heteroatoms. The minimum atomic E-state index is -4.96. The molecule has 39 heavy (non-hydrogen) atoms. The Balaban J connectivity index is 1.43. The number of amides is 1. The molecule has 3 aromatic heterocycles. The number of aliphatic hydroxyl groups is 1. The first-order chi connectivity index (χ1) is 18.5. The molecule has 2 N–H and O–H groups in total. The Kier molecular flexibility index (Phi) is 6.94. The second-order valence-corrected chi connectivity index (χ2v) is 9.20. The van der Waals surface area contributed by atoms with E-state index in [0.29, 0.717) is 15.2 Å². The van der Waals surface area contributed by atoms with Crippen LogP contribution in [-0.2, 0) is 17.9 Å². The van der Waals surface area contributed by atoms with Crippen LogP contribution in [0.2, 0.25) is 5.02 Å². The predicted octanol–water partition coefficient (Wildman–Crippen LogP) is 2.61. The van der Waals surface area contributed by atoms with Crippen LogP contribution in [-0.4, -0.2) is 63.6 Å². The minimum absolute atomic E-state index is 0.0507. The molecule has 1 aromatic carbocycles. The van der Waals surface area contributed by atoms with Gasteiger partial charge in [0.15, 0.2) is 23.6 Å². The molecule has 1 aliphatic carbocycles. The highest BCUT2D eigenvalue weighted by Gasteiger charge is 2.44. The van der Waals surface area contributed by atoms with Gasteiger partial charge in [0, 0.05) is 16.8 Å². The van der Waals surface area contributed by atoms with Gasteiger partial charge in [-0.1, -0.05) is 11.6 Å². The first-order valence-corrected chi connectivity index (χ1v) is 11.9. The highest BCUT2D eigenvalue weighted by Crippen LogP contribution is 2.35. The minimum Gasteiger partial charge on any atom is -0.382 e. The Morgan fingerprint density at radius 2 is 1.90 bits per heavy atom. The number of carbonyl (C=O) groups excluding carboxylic acids is 1. The summed E-state index contributed by atoms with van der Waals surface area (Å²) in [7, 11) is 0. The summed E-state index contributed by atoms with van der Waals surface area (Å²) in [6.45, 7) is -1.42. The van der Waals surface area contributed by atoms with Crippen LogP contribution in [0.1, 0.15) is 12.2 Å². The van der Waals surface area contributed by atoms with Crippen molar-refractivity contribution < 1.29 is 27.5 Å². The fourth-order valence-electron chi connectivity index (χ4n) is 3.74. The maximum absolute atomic E-state index is 13.3. The molecule has 11 nitrogen and oxygen atoms in total. The number of benzene rings is 1. The van der Waals surface area contributed by atoms with Gasteiger partial charge in [0.25, 0.3) is 0 Å². The SMILES string of the molecule is O=C(Nc1cccnc1-n1cnc(Cn2nc(-c3ccc(Cl)cc3)n(C[C@H](O)C(F)(F)F)c2=O)n1)[C@H]1C[C@H]1F. The van der Waals surface area contributed by atoms with Gasteiger partial charge in [-0.15, -0.1) is 10.2 Å². The quantitative estimate of drug-likeness (QED) is 0.313. The Hall–Kier alpha value is -4.11. The molecule has 1 saturated carbocycles. The molecule has 1 fully saturated rings. The maximum Gasteiger partial charge on any atom is 0.416 e. The van der Waals surface area contributed by atoms with Crippen molar-refractivity contribution in [1.29, 1.82) is 0 Å². The summed E-state index contributed by atoms with van der Waals surface area (Å²) in [6, 6.07) is 9.02.